The zero-order valence-electron chi connectivity index (χ0n) is 18.5. The number of imide groups is 1. The molecule has 2 atom stereocenters. The Morgan fingerprint density at radius 2 is 1.39 bits per heavy atom. The van der Waals surface area contributed by atoms with Gasteiger partial charge in [0.2, 0.25) is 17.7 Å². The van der Waals surface area contributed by atoms with Gasteiger partial charge < -0.3 is 37.5 Å². The molecule has 8 N–H and O–H groups in total. The normalized spacial score (nSPS) is 14.7. The van der Waals surface area contributed by atoms with Crippen LogP contribution in [0.15, 0.2) is 12.2 Å². The van der Waals surface area contributed by atoms with Crippen molar-refractivity contribution in [3.63, 3.8) is 0 Å². The van der Waals surface area contributed by atoms with Crippen molar-refractivity contribution in [2.45, 2.75) is 37.8 Å². The molecule has 1 rings (SSSR count). The molecule has 0 radical (unpaired) electrons. The molecule has 0 aromatic carbocycles. The van der Waals surface area contributed by atoms with Crippen LogP contribution in [0, 0.1) is 0 Å². The van der Waals surface area contributed by atoms with E-state index in [1.165, 1.54) is 12.2 Å². The van der Waals surface area contributed by atoms with Crippen molar-refractivity contribution in [3.05, 3.63) is 12.2 Å². The highest BCUT2D eigenvalue weighted by Crippen LogP contribution is 2.05. The summed E-state index contributed by atoms with van der Waals surface area (Å²) in [4.78, 5) is 69.4. The molecule has 0 aliphatic carbocycles. The van der Waals surface area contributed by atoms with E-state index in [4.69, 9.17) is 11.5 Å². The van der Waals surface area contributed by atoms with Crippen molar-refractivity contribution >= 4 is 35.8 Å². The average molecular weight is 468 g/mol. The second-order valence-corrected chi connectivity index (χ2v) is 7.34. The van der Waals surface area contributed by atoms with Gasteiger partial charge in [-0.15, -0.1) is 0 Å². The van der Waals surface area contributed by atoms with Crippen LogP contribution in [0.5, 0.6) is 0 Å². The summed E-state index contributed by atoms with van der Waals surface area (Å²) in [7, 11) is 0. The fraction of sp³-hybridized carbons (Fsp3) is 0.600. The number of aldehydes is 1. The summed E-state index contributed by atoms with van der Waals surface area (Å²) < 4.78 is 0. The summed E-state index contributed by atoms with van der Waals surface area (Å²) >= 11 is 0. The summed E-state index contributed by atoms with van der Waals surface area (Å²) in [5.74, 6) is -1.82. The Kier molecular flexibility index (Phi) is 13.2. The lowest BCUT2D eigenvalue weighted by Gasteiger charge is -2.17. The van der Waals surface area contributed by atoms with E-state index in [2.05, 4.69) is 21.3 Å². The van der Waals surface area contributed by atoms with E-state index < -0.39 is 23.9 Å². The Bertz CT molecular complexity index is 724. The van der Waals surface area contributed by atoms with Gasteiger partial charge in [0.05, 0.1) is 12.1 Å². The topological polar surface area (TPSA) is 206 Å². The molecule has 0 aromatic rings. The van der Waals surface area contributed by atoms with Crippen LogP contribution >= 0.6 is 0 Å². The minimum absolute atomic E-state index is 0.0753. The number of nitrogens with one attached hydrogen (secondary N) is 4. The van der Waals surface area contributed by atoms with Crippen LogP contribution in [0.4, 0.5) is 0 Å². The van der Waals surface area contributed by atoms with Gasteiger partial charge in [-0.25, -0.2) is 0 Å². The molecule has 13 nitrogen and oxygen atoms in total. The van der Waals surface area contributed by atoms with Gasteiger partial charge in [0.25, 0.3) is 11.8 Å². The molecule has 0 saturated heterocycles. The number of carbonyl (C=O) groups is 6. The molecule has 1 aliphatic rings. The third-order valence-electron chi connectivity index (χ3n) is 4.71. The highest BCUT2D eigenvalue weighted by Gasteiger charge is 2.24. The molecule has 33 heavy (non-hydrogen) atoms. The number of hydrogen-bond acceptors (Lipinski definition) is 9. The predicted molar refractivity (Wildman–Crippen MR) is 118 cm³/mol. The first-order valence-corrected chi connectivity index (χ1v) is 10.8. The monoisotopic (exact) mass is 467 g/mol. The van der Waals surface area contributed by atoms with Crippen molar-refractivity contribution < 1.29 is 28.8 Å². The second kappa shape index (κ2) is 15.6. The maximum atomic E-state index is 12.0. The molecular weight excluding hydrogens is 434 g/mol. The summed E-state index contributed by atoms with van der Waals surface area (Å²) in [6.07, 6.45) is 3.72. The predicted octanol–water partition coefficient (Wildman–Crippen LogP) is -3.74. The SMILES string of the molecule is NC(CCNC(=O)CCC=O)C(=O)NCCNCCNC(=O)C(N)CCN1C(=O)C=CC1=O. The van der Waals surface area contributed by atoms with Gasteiger partial charge in [-0.05, 0) is 12.8 Å². The summed E-state index contributed by atoms with van der Waals surface area (Å²) in [6, 6.07) is -1.61. The molecule has 0 spiro atoms. The van der Waals surface area contributed by atoms with Gasteiger partial charge in [-0.3, -0.25) is 28.9 Å². The number of amides is 5. The van der Waals surface area contributed by atoms with E-state index in [0.717, 1.165) is 4.90 Å². The van der Waals surface area contributed by atoms with Crippen LogP contribution in [0.3, 0.4) is 0 Å². The first-order chi connectivity index (χ1) is 15.8. The Hall–Kier alpha value is -3.16. The minimum atomic E-state index is -0.846. The highest BCUT2D eigenvalue weighted by molar-refractivity contribution is 6.12. The number of rotatable bonds is 17. The van der Waals surface area contributed by atoms with Crippen molar-refractivity contribution in [1.82, 2.24) is 26.2 Å². The summed E-state index contributed by atoms with van der Waals surface area (Å²) in [6.45, 7) is 1.86. The molecule has 2 unspecified atom stereocenters. The van der Waals surface area contributed by atoms with Crippen LogP contribution in [0.1, 0.15) is 25.7 Å². The molecular formula is C20H33N7O6. The van der Waals surface area contributed by atoms with E-state index in [-0.39, 0.29) is 56.5 Å². The fourth-order valence-corrected chi connectivity index (χ4v) is 2.76. The van der Waals surface area contributed by atoms with E-state index in [9.17, 15) is 28.8 Å². The Morgan fingerprint density at radius 3 is 1.94 bits per heavy atom. The smallest absolute Gasteiger partial charge is 0.253 e. The van der Waals surface area contributed by atoms with Crippen LogP contribution in [-0.2, 0) is 28.8 Å². The number of carbonyl (C=O) groups excluding carboxylic acids is 6. The van der Waals surface area contributed by atoms with Crippen LogP contribution < -0.4 is 32.7 Å². The second-order valence-electron chi connectivity index (χ2n) is 7.34. The number of nitrogens with zero attached hydrogens (tertiary/aromatic N) is 1. The molecule has 0 saturated carbocycles. The lowest BCUT2D eigenvalue weighted by Crippen LogP contribution is -2.46. The highest BCUT2D eigenvalue weighted by atomic mass is 16.2. The largest absolute Gasteiger partial charge is 0.356 e. The van der Waals surface area contributed by atoms with Crippen molar-refractivity contribution in [2.75, 3.05) is 39.3 Å². The maximum absolute atomic E-state index is 12.0. The Balaban J connectivity index is 2.03. The van der Waals surface area contributed by atoms with Gasteiger partial charge in [-0.2, -0.15) is 0 Å². The molecule has 0 aromatic heterocycles. The van der Waals surface area contributed by atoms with Gasteiger partial charge in [-0.1, -0.05) is 0 Å². The minimum Gasteiger partial charge on any atom is -0.356 e. The zero-order valence-corrected chi connectivity index (χ0v) is 18.5. The van der Waals surface area contributed by atoms with E-state index in [0.29, 0.717) is 32.5 Å². The third-order valence-corrected chi connectivity index (χ3v) is 4.71. The van der Waals surface area contributed by atoms with Gasteiger partial charge >= 0.3 is 0 Å². The fourth-order valence-electron chi connectivity index (χ4n) is 2.76. The number of hydrogen-bond donors (Lipinski definition) is 6. The van der Waals surface area contributed by atoms with Crippen LogP contribution in [0.2, 0.25) is 0 Å². The molecule has 1 heterocycles. The molecule has 5 amide bonds. The molecule has 184 valence electrons. The standard InChI is InChI=1S/C20H33N7O6/c21-14(5-7-24-16(29)2-1-13-28)19(32)25-10-8-23-9-11-26-20(33)15(22)6-12-27-17(30)3-4-18(27)31/h3-4,13-15,23H,1-2,5-12,21-22H2,(H,24,29)(H,25,32)(H,26,33). The van der Waals surface area contributed by atoms with E-state index in [1.54, 1.807) is 0 Å². The van der Waals surface area contributed by atoms with Crippen LogP contribution in [0.25, 0.3) is 0 Å². The quantitative estimate of drug-likeness (QED) is 0.0705. The molecule has 13 heteroatoms. The molecule has 0 bridgehead atoms. The Labute approximate surface area is 192 Å². The maximum Gasteiger partial charge on any atom is 0.253 e. The van der Waals surface area contributed by atoms with Crippen molar-refractivity contribution in [2.24, 2.45) is 11.5 Å². The van der Waals surface area contributed by atoms with Gasteiger partial charge in [0.15, 0.2) is 0 Å². The number of nitrogens with two attached hydrogens (primary N) is 2. The van der Waals surface area contributed by atoms with Crippen molar-refractivity contribution in [3.8, 4) is 0 Å². The van der Waals surface area contributed by atoms with Crippen LogP contribution in [-0.4, -0.2) is 92.1 Å². The average Bonchev–Trinajstić information content (AvgIpc) is 3.11. The first kappa shape index (κ1) is 27.9. The summed E-state index contributed by atoms with van der Waals surface area (Å²) in [5.41, 5.74) is 11.5. The zero-order chi connectivity index (χ0) is 24.6. The lowest BCUT2D eigenvalue weighted by atomic mass is 10.2. The van der Waals surface area contributed by atoms with Gasteiger partial charge in [0, 0.05) is 64.3 Å². The Morgan fingerprint density at radius 1 is 0.848 bits per heavy atom. The molecule has 0 fully saturated rings. The van der Waals surface area contributed by atoms with E-state index in [1.807, 2.05) is 0 Å². The third kappa shape index (κ3) is 11.3. The van der Waals surface area contributed by atoms with E-state index >= 15 is 0 Å². The van der Waals surface area contributed by atoms with Gasteiger partial charge in [0.1, 0.15) is 6.29 Å². The summed E-state index contributed by atoms with van der Waals surface area (Å²) in [5, 5.41) is 10.9. The molecule has 1 aliphatic heterocycles. The van der Waals surface area contributed by atoms with Crippen molar-refractivity contribution in [1.29, 1.82) is 0 Å². The lowest BCUT2D eigenvalue weighted by molar-refractivity contribution is -0.137. The first-order valence-electron chi connectivity index (χ1n) is 10.8.